The van der Waals surface area contributed by atoms with Gasteiger partial charge in [-0.05, 0) is 92.2 Å². The SMILES string of the molecule is Cc1ccc(C)n1-c1ccc(OCc2ccc(C(=O)N/N=C/c3cccc([N+](=O)[O-])c3OC(=O)/C=C/c3ccc(Cl)cc3)o2)cc1. The van der Waals surface area contributed by atoms with Crippen LogP contribution in [0.4, 0.5) is 5.69 Å². The molecule has 0 aliphatic carbocycles. The first-order valence-electron chi connectivity index (χ1n) is 13.9. The van der Waals surface area contributed by atoms with Gasteiger partial charge in [-0.3, -0.25) is 14.9 Å². The van der Waals surface area contributed by atoms with Crippen LogP contribution in [0, 0.1) is 24.0 Å². The van der Waals surface area contributed by atoms with E-state index in [0.717, 1.165) is 29.4 Å². The lowest BCUT2D eigenvalue weighted by atomic mass is 10.2. The number of aromatic nitrogens is 1. The fraction of sp³-hybridized carbons (Fsp3) is 0.0882. The number of nitro benzene ring substituents is 1. The minimum Gasteiger partial charge on any atom is -0.486 e. The van der Waals surface area contributed by atoms with Gasteiger partial charge in [-0.25, -0.2) is 10.2 Å². The summed E-state index contributed by atoms with van der Waals surface area (Å²) in [7, 11) is 0. The van der Waals surface area contributed by atoms with Crippen LogP contribution in [0.25, 0.3) is 11.8 Å². The number of carbonyl (C=O) groups is 2. The largest absolute Gasteiger partial charge is 0.486 e. The monoisotopic (exact) mass is 638 g/mol. The minimum atomic E-state index is -0.852. The van der Waals surface area contributed by atoms with Crippen LogP contribution in [0.15, 0.2) is 107 Å². The van der Waals surface area contributed by atoms with Crippen molar-refractivity contribution in [2.24, 2.45) is 5.10 Å². The molecule has 5 aromatic rings. The normalized spacial score (nSPS) is 11.2. The van der Waals surface area contributed by atoms with Crippen molar-refractivity contribution in [1.29, 1.82) is 0 Å². The van der Waals surface area contributed by atoms with Crippen LogP contribution in [-0.2, 0) is 11.4 Å². The summed E-state index contributed by atoms with van der Waals surface area (Å²) in [6, 6.07) is 25.5. The van der Waals surface area contributed by atoms with Gasteiger partial charge in [-0.2, -0.15) is 5.10 Å². The summed E-state index contributed by atoms with van der Waals surface area (Å²) in [5.74, 6) is -0.834. The number of amides is 1. The molecule has 232 valence electrons. The number of benzene rings is 3. The molecule has 2 heterocycles. The Morgan fingerprint density at radius 2 is 1.70 bits per heavy atom. The van der Waals surface area contributed by atoms with Gasteiger partial charge in [-0.1, -0.05) is 29.8 Å². The second kappa shape index (κ2) is 14.2. The van der Waals surface area contributed by atoms with Crippen molar-refractivity contribution in [3.8, 4) is 17.2 Å². The molecule has 2 aromatic heterocycles. The zero-order valence-electron chi connectivity index (χ0n) is 24.7. The Kier molecular flexibility index (Phi) is 9.74. The summed E-state index contributed by atoms with van der Waals surface area (Å²) in [6.45, 7) is 4.17. The highest BCUT2D eigenvalue weighted by atomic mass is 35.5. The van der Waals surface area contributed by atoms with E-state index in [1.807, 2.05) is 38.1 Å². The summed E-state index contributed by atoms with van der Waals surface area (Å²) in [5, 5.41) is 16.0. The van der Waals surface area contributed by atoms with Gasteiger partial charge in [-0.15, -0.1) is 0 Å². The maximum Gasteiger partial charge on any atom is 0.336 e. The lowest BCUT2D eigenvalue weighted by Gasteiger charge is -2.10. The first kappa shape index (κ1) is 31.5. The number of esters is 1. The predicted octanol–water partition coefficient (Wildman–Crippen LogP) is 7.21. The number of nitrogens with one attached hydrogen (secondary N) is 1. The number of rotatable bonds is 11. The molecular weight excluding hydrogens is 612 g/mol. The molecular formula is C34H27ClN4O7. The lowest BCUT2D eigenvalue weighted by Crippen LogP contribution is -2.17. The van der Waals surface area contributed by atoms with Crippen molar-refractivity contribution >= 4 is 41.5 Å². The Bertz CT molecular complexity index is 1920. The first-order valence-corrected chi connectivity index (χ1v) is 14.3. The summed E-state index contributed by atoms with van der Waals surface area (Å²) < 4.78 is 18.8. The molecule has 5 rings (SSSR count). The van der Waals surface area contributed by atoms with Gasteiger partial charge in [0, 0.05) is 39.8 Å². The highest BCUT2D eigenvalue weighted by Crippen LogP contribution is 2.30. The Morgan fingerprint density at radius 1 is 0.978 bits per heavy atom. The predicted molar refractivity (Wildman–Crippen MR) is 173 cm³/mol. The zero-order chi connectivity index (χ0) is 32.6. The standard InChI is InChI=1S/C34H27ClN4O7/c1-22-6-7-23(2)38(22)27-13-15-28(16-14-27)44-21-29-17-18-31(45-29)34(41)37-36-20-25-4-3-5-30(39(42)43)33(25)46-32(40)19-10-24-8-11-26(35)12-9-24/h3-20H,21H2,1-2H3,(H,37,41)/b19-10+,36-20+. The number of nitrogens with zero attached hydrogens (tertiary/aromatic N) is 3. The van der Waals surface area contributed by atoms with Crippen molar-refractivity contribution in [3.05, 3.63) is 146 Å². The summed E-state index contributed by atoms with van der Waals surface area (Å²) >= 11 is 5.87. The van der Waals surface area contributed by atoms with Crippen LogP contribution in [-0.4, -0.2) is 27.6 Å². The second-order valence-electron chi connectivity index (χ2n) is 9.96. The van der Waals surface area contributed by atoms with E-state index in [2.05, 4.69) is 27.2 Å². The molecule has 0 saturated carbocycles. The van der Waals surface area contributed by atoms with Crippen molar-refractivity contribution in [1.82, 2.24) is 9.99 Å². The highest BCUT2D eigenvalue weighted by Gasteiger charge is 2.21. The van der Waals surface area contributed by atoms with Crippen molar-refractivity contribution < 1.29 is 28.4 Å². The fourth-order valence-electron chi connectivity index (χ4n) is 4.49. The molecule has 0 saturated heterocycles. The summed E-state index contributed by atoms with van der Waals surface area (Å²) in [5.41, 5.74) is 5.89. The lowest BCUT2D eigenvalue weighted by molar-refractivity contribution is -0.385. The summed E-state index contributed by atoms with van der Waals surface area (Å²) in [6.07, 6.45) is 3.73. The van der Waals surface area contributed by atoms with Crippen LogP contribution in [0.2, 0.25) is 5.02 Å². The van der Waals surface area contributed by atoms with E-state index < -0.39 is 22.5 Å². The third-order valence-electron chi connectivity index (χ3n) is 6.71. The number of nitro groups is 1. The molecule has 3 aromatic carbocycles. The van der Waals surface area contributed by atoms with Gasteiger partial charge in [0.2, 0.25) is 5.75 Å². The molecule has 46 heavy (non-hydrogen) atoms. The Labute approximate surface area is 268 Å². The van der Waals surface area contributed by atoms with Gasteiger partial charge in [0.1, 0.15) is 18.1 Å². The van der Waals surface area contributed by atoms with E-state index in [-0.39, 0.29) is 23.7 Å². The molecule has 0 atom stereocenters. The second-order valence-corrected chi connectivity index (χ2v) is 10.4. The molecule has 0 aliphatic rings. The number of ether oxygens (including phenoxy) is 2. The Morgan fingerprint density at radius 3 is 2.39 bits per heavy atom. The number of furan rings is 1. The molecule has 0 unspecified atom stereocenters. The number of aryl methyl sites for hydroxylation is 2. The van der Waals surface area contributed by atoms with Crippen LogP contribution >= 0.6 is 11.6 Å². The molecule has 0 bridgehead atoms. The smallest absolute Gasteiger partial charge is 0.336 e. The van der Waals surface area contributed by atoms with Gasteiger partial charge >= 0.3 is 17.6 Å². The number of carbonyl (C=O) groups excluding carboxylic acids is 2. The van der Waals surface area contributed by atoms with E-state index in [0.29, 0.717) is 22.1 Å². The topological polar surface area (TPSA) is 138 Å². The van der Waals surface area contributed by atoms with E-state index in [9.17, 15) is 19.7 Å². The molecule has 0 spiro atoms. The highest BCUT2D eigenvalue weighted by molar-refractivity contribution is 6.30. The van der Waals surface area contributed by atoms with Crippen LogP contribution in [0.5, 0.6) is 11.5 Å². The van der Waals surface area contributed by atoms with Crippen LogP contribution in [0.1, 0.15) is 38.8 Å². The van der Waals surface area contributed by atoms with E-state index in [1.165, 1.54) is 30.3 Å². The van der Waals surface area contributed by atoms with Gasteiger partial charge in [0.05, 0.1) is 11.1 Å². The number of hydrogen-bond donors (Lipinski definition) is 1. The number of para-hydroxylation sites is 1. The fourth-order valence-corrected chi connectivity index (χ4v) is 4.61. The maximum atomic E-state index is 12.6. The molecule has 1 N–H and O–H groups in total. The van der Waals surface area contributed by atoms with Crippen molar-refractivity contribution in [3.63, 3.8) is 0 Å². The number of halogens is 1. The Balaban J connectivity index is 1.19. The minimum absolute atomic E-state index is 0.0253. The number of hydrogen-bond acceptors (Lipinski definition) is 8. The van der Waals surface area contributed by atoms with E-state index >= 15 is 0 Å². The molecule has 1 amide bonds. The summed E-state index contributed by atoms with van der Waals surface area (Å²) in [4.78, 5) is 36.0. The van der Waals surface area contributed by atoms with Gasteiger partial charge in [0.15, 0.2) is 5.76 Å². The Hall–Kier alpha value is -5.94. The molecule has 12 heteroatoms. The van der Waals surface area contributed by atoms with Crippen LogP contribution in [0.3, 0.4) is 0 Å². The van der Waals surface area contributed by atoms with E-state index in [4.69, 9.17) is 25.5 Å². The third-order valence-corrected chi connectivity index (χ3v) is 6.96. The molecule has 0 aliphatic heterocycles. The quantitative estimate of drug-likeness (QED) is 0.0403. The van der Waals surface area contributed by atoms with Gasteiger partial charge < -0.3 is 18.5 Å². The average molecular weight is 639 g/mol. The van der Waals surface area contributed by atoms with Crippen molar-refractivity contribution in [2.45, 2.75) is 20.5 Å². The van der Waals surface area contributed by atoms with Crippen LogP contribution < -0.4 is 14.9 Å². The van der Waals surface area contributed by atoms with E-state index in [1.54, 1.807) is 30.3 Å². The number of hydrazone groups is 1. The molecule has 0 radical (unpaired) electrons. The van der Waals surface area contributed by atoms with Crippen molar-refractivity contribution in [2.75, 3.05) is 0 Å². The molecule has 11 nitrogen and oxygen atoms in total. The maximum absolute atomic E-state index is 12.6. The first-order chi connectivity index (χ1) is 22.2. The average Bonchev–Trinajstić information content (AvgIpc) is 3.66. The third kappa shape index (κ3) is 7.76. The van der Waals surface area contributed by atoms with Gasteiger partial charge in [0.25, 0.3) is 0 Å². The molecule has 0 fully saturated rings. The zero-order valence-corrected chi connectivity index (χ0v) is 25.4.